The van der Waals surface area contributed by atoms with Crippen molar-refractivity contribution in [3.8, 4) is 0 Å². The monoisotopic (exact) mass is 159 g/mol. The Morgan fingerprint density at radius 3 is 2.64 bits per heavy atom. The maximum Gasteiger partial charge on any atom is 0.277 e. The molecule has 1 rings (SSSR count). The van der Waals surface area contributed by atoms with Crippen molar-refractivity contribution in [1.29, 1.82) is 0 Å². The molecule has 0 radical (unpaired) electrons. The topological polar surface area (TPSA) is 49.8 Å². The Hall–Kier alpha value is -0.610. The molecule has 1 fully saturated rings. The van der Waals surface area contributed by atoms with Gasteiger partial charge in [-0.05, 0) is 20.3 Å². The van der Waals surface area contributed by atoms with Gasteiger partial charge in [0, 0.05) is 0 Å². The van der Waals surface area contributed by atoms with Gasteiger partial charge in [0.2, 0.25) is 0 Å². The van der Waals surface area contributed by atoms with Crippen LogP contribution in [0, 0.1) is 0 Å². The molecule has 1 heterocycles. The fourth-order valence-electron chi connectivity index (χ4n) is 0.913. The maximum atomic E-state index is 11.2. The normalized spacial score (nSPS) is 19.0. The first kappa shape index (κ1) is 8.49. The molecule has 0 aromatic carbocycles. The molecule has 0 aromatic rings. The first-order chi connectivity index (χ1) is 5.02. The van der Waals surface area contributed by atoms with Crippen LogP contribution in [0.5, 0.6) is 0 Å². The fraction of sp³-hybridized carbons (Fsp3) is 0.857. The minimum Gasteiger partial charge on any atom is -0.381 e. The molecule has 0 saturated carbocycles. The molecule has 1 N–H and O–H groups in total. The molecule has 0 atom stereocenters. The average molecular weight is 159 g/mol. The van der Waals surface area contributed by atoms with Crippen molar-refractivity contribution in [3.63, 3.8) is 0 Å². The largest absolute Gasteiger partial charge is 0.381 e. The van der Waals surface area contributed by atoms with Crippen LogP contribution in [0.15, 0.2) is 0 Å². The SMILES string of the molecule is CC(C)(O)C(=O)N1CCCO1. The summed E-state index contributed by atoms with van der Waals surface area (Å²) in [6, 6.07) is 0. The quantitative estimate of drug-likeness (QED) is 0.582. The van der Waals surface area contributed by atoms with E-state index in [9.17, 15) is 9.90 Å². The molecule has 64 valence electrons. The lowest BCUT2D eigenvalue weighted by Crippen LogP contribution is -2.43. The van der Waals surface area contributed by atoms with Gasteiger partial charge in [0.25, 0.3) is 5.91 Å². The molecule has 1 aliphatic heterocycles. The van der Waals surface area contributed by atoms with E-state index in [2.05, 4.69) is 0 Å². The van der Waals surface area contributed by atoms with E-state index in [4.69, 9.17) is 4.84 Å². The third-order valence-electron chi connectivity index (χ3n) is 1.50. The minimum absolute atomic E-state index is 0.366. The Morgan fingerprint density at radius 2 is 2.27 bits per heavy atom. The number of hydrogen-bond donors (Lipinski definition) is 1. The van der Waals surface area contributed by atoms with Gasteiger partial charge in [-0.1, -0.05) is 0 Å². The molecule has 1 amide bonds. The number of aliphatic hydroxyl groups is 1. The molecule has 1 saturated heterocycles. The molecule has 0 aliphatic carbocycles. The van der Waals surface area contributed by atoms with E-state index in [1.54, 1.807) is 0 Å². The number of carbonyl (C=O) groups is 1. The summed E-state index contributed by atoms with van der Waals surface area (Å²) in [5, 5.41) is 10.5. The lowest BCUT2D eigenvalue weighted by molar-refractivity contribution is -0.185. The molecule has 4 heteroatoms. The van der Waals surface area contributed by atoms with Crippen LogP contribution in [-0.2, 0) is 9.63 Å². The fourth-order valence-corrected chi connectivity index (χ4v) is 0.913. The summed E-state index contributed by atoms with van der Waals surface area (Å²) >= 11 is 0. The first-order valence-corrected chi connectivity index (χ1v) is 3.69. The number of carbonyl (C=O) groups excluding carboxylic acids is 1. The van der Waals surface area contributed by atoms with Gasteiger partial charge < -0.3 is 5.11 Å². The number of hydroxylamine groups is 2. The molecule has 4 nitrogen and oxygen atoms in total. The minimum atomic E-state index is -1.32. The lowest BCUT2D eigenvalue weighted by Gasteiger charge is -2.22. The predicted molar refractivity (Wildman–Crippen MR) is 38.6 cm³/mol. The van der Waals surface area contributed by atoms with Gasteiger partial charge in [0.1, 0.15) is 5.60 Å². The molecular weight excluding hydrogens is 146 g/mol. The summed E-state index contributed by atoms with van der Waals surface area (Å²) in [6.45, 7) is 4.07. The second kappa shape index (κ2) is 2.79. The Labute approximate surface area is 65.7 Å². The summed E-state index contributed by atoms with van der Waals surface area (Å²) in [7, 11) is 0. The van der Waals surface area contributed by atoms with E-state index < -0.39 is 5.60 Å². The molecule has 0 aromatic heterocycles. The lowest BCUT2D eigenvalue weighted by atomic mass is 10.1. The molecular formula is C7H13NO3. The van der Waals surface area contributed by atoms with Crippen molar-refractivity contribution in [2.75, 3.05) is 13.2 Å². The zero-order valence-corrected chi connectivity index (χ0v) is 6.83. The number of amides is 1. The molecule has 0 spiro atoms. The highest BCUT2D eigenvalue weighted by molar-refractivity contribution is 5.83. The second-order valence-electron chi connectivity index (χ2n) is 3.15. The Morgan fingerprint density at radius 1 is 1.64 bits per heavy atom. The summed E-state index contributed by atoms with van der Waals surface area (Å²) in [6.07, 6.45) is 0.849. The van der Waals surface area contributed by atoms with E-state index in [0.717, 1.165) is 6.42 Å². The number of nitrogens with zero attached hydrogens (tertiary/aromatic N) is 1. The third kappa shape index (κ3) is 1.91. The van der Waals surface area contributed by atoms with Gasteiger partial charge in [0.15, 0.2) is 0 Å². The van der Waals surface area contributed by atoms with Crippen molar-refractivity contribution in [1.82, 2.24) is 5.06 Å². The van der Waals surface area contributed by atoms with Crippen molar-refractivity contribution in [2.45, 2.75) is 25.9 Å². The van der Waals surface area contributed by atoms with Crippen molar-refractivity contribution in [2.24, 2.45) is 0 Å². The molecule has 0 bridgehead atoms. The van der Waals surface area contributed by atoms with Gasteiger partial charge in [-0.15, -0.1) is 0 Å². The van der Waals surface area contributed by atoms with Crippen LogP contribution in [-0.4, -0.2) is 34.8 Å². The Bertz CT molecular complexity index is 156. The molecule has 1 aliphatic rings. The smallest absolute Gasteiger partial charge is 0.277 e. The Kier molecular flexibility index (Phi) is 2.15. The van der Waals surface area contributed by atoms with Crippen LogP contribution in [0.3, 0.4) is 0 Å². The Balaban J connectivity index is 2.53. The van der Waals surface area contributed by atoms with E-state index in [1.807, 2.05) is 0 Å². The zero-order chi connectivity index (χ0) is 8.48. The highest BCUT2D eigenvalue weighted by Crippen LogP contribution is 2.12. The summed E-state index contributed by atoms with van der Waals surface area (Å²) in [4.78, 5) is 16.2. The van der Waals surface area contributed by atoms with Gasteiger partial charge in [-0.2, -0.15) is 0 Å². The van der Waals surface area contributed by atoms with E-state index >= 15 is 0 Å². The van der Waals surface area contributed by atoms with Crippen LogP contribution in [0.4, 0.5) is 0 Å². The summed E-state index contributed by atoms with van der Waals surface area (Å²) < 4.78 is 0. The van der Waals surface area contributed by atoms with Crippen LogP contribution in [0.25, 0.3) is 0 Å². The van der Waals surface area contributed by atoms with Gasteiger partial charge in [0.05, 0.1) is 13.2 Å². The number of hydrogen-bond acceptors (Lipinski definition) is 3. The maximum absolute atomic E-state index is 11.2. The van der Waals surface area contributed by atoms with Gasteiger partial charge >= 0.3 is 0 Å². The molecule has 11 heavy (non-hydrogen) atoms. The zero-order valence-electron chi connectivity index (χ0n) is 6.83. The van der Waals surface area contributed by atoms with Crippen molar-refractivity contribution in [3.05, 3.63) is 0 Å². The predicted octanol–water partition coefficient (Wildman–Crippen LogP) is -0.0788. The van der Waals surface area contributed by atoms with E-state index in [0.29, 0.717) is 13.2 Å². The van der Waals surface area contributed by atoms with Crippen LogP contribution in [0.2, 0.25) is 0 Å². The van der Waals surface area contributed by atoms with Crippen LogP contribution >= 0.6 is 0 Å². The summed E-state index contributed by atoms with van der Waals surface area (Å²) in [5.74, 6) is -0.366. The van der Waals surface area contributed by atoms with E-state index in [-0.39, 0.29) is 5.91 Å². The standard InChI is InChI=1S/C7H13NO3/c1-7(2,10)6(9)8-4-3-5-11-8/h10H,3-5H2,1-2H3. The van der Waals surface area contributed by atoms with Crippen LogP contribution in [0.1, 0.15) is 20.3 Å². The highest BCUT2D eigenvalue weighted by atomic mass is 16.7. The highest BCUT2D eigenvalue weighted by Gasteiger charge is 2.31. The van der Waals surface area contributed by atoms with Crippen LogP contribution < -0.4 is 0 Å². The third-order valence-corrected chi connectivity index (χ3v) is 1.50. The second-order valence-corrected chi connectivity index (χ2v) is 3.15. The number of rotatable bonds is 1. The first-order valence-electron chi connectivity index (χ1n) is 3.69. The van der Waals surface area contributed by atoms with Crippen molar-refractivity contribution < 1.29 is 14.7 Å². The molecule has 0 unspecified atom stereocenters. The van der Waals surface area contributed by atoms with Gasteiger partial charge in [-0.3, -0.25) is 9.63 Å². The van der Waals surface area contributed by atoms with E-state index in [1.165, 1.54) is 18.9 Å². The average Bonchev–Trinajstić information content (AvgIpc) is 2.34. The van der Waals surface area contributed by atoms with Crippen molar-refractivity contribution >= 4 is 5.91 Å². The van der Waals surface area contributed by atoms with Gasteiger partial charge in [-0.25, -0.2) is 5.06 Å². The summed E-state index contributed by atoms with van der Waals surface area (Å²) in [5.41, 5.74) is -1.32.